The third-order valence-electron chi connectivity index (χ3n) is 5.76. The Morgan fingerprint density at radius 2 is 1.45 bits per heavy atom. The zero-order valence-electron chi connectivity index (χ0n) is 23.9. The zero-order chi connectivity index (χ0) is 31.4. The van der Waals surface area contributed by atoms with Crippen molar-refractivity contribution < 1.29 is 61.9 Å². The second kappa shape index (κ2) is 16.4. The van der Waals surface area contributed by atoms with Gasteiger partial charge in [0.1, 0.15) is 12.6 Å². The van der Waals surface area contributed by atoms with Gasteiger partial charge < -0.3 is 44.2 Å². The maximum Gasteiger partial charge on any atom is 0.408 e. The molecular weight excluding hydrogens is 560 g/mol. The van der Waals surface area contributed by atoms with Crippen LogP contribution in [0.1, 0.15) is 40.2 Å². The van der Waals surface area contributed by atoms with Crippen molar-refractivity contribution in [1.29, 1.82) is 0 Å². The number of ether oxygens (including phenoxy) is 7. The summed E-state index contributed by atoms with van der Waals surface area (Å²) in [5.74, 6) is -3.86. The number of rotatable bonds is 13. The zero-order valence-corrected chi connectivity index (χ0v) is 23.9. The topological polar surface area (TPSA) is 205 Å². The number of benzene rings is 1. The van der Waals surface area contributed by atoms with Gasteiger partial charge in [0.05, 0.1) is 18.8 Å². The van der Waals surface area contributed by atoms with E-state index in [-0.39, 0.29) is 6.61 Å². The van der Waals surface area contributed by atoms with Gasteiger partial charge in [-0.05, 0) is 19.4 Å². The van der Waals surface area contributed by atoms with Crippen LogP contribution in [0.2, 0.25) is 0 Å². The van der Waals surface area contributed by atoms with Gasteiger partial charge in [0, 0.05) is 20.8 Å². The summed E-state index contributed by atoms with van der Waals surface area (Å²) in [6.45, 7) is 5.04. The summed E-state index contributed by atoms with van der Waals surface area (Å²) in [6, 6.07) is 6.48. The van der Waals surface area contributed by atoms with Gasteiger partial charge >= 0.3 is 30.0 Å². The van der Waals surface area contributed by atoms with E-state index in [2.05, 4.69) is 5.32 Å². The summed E-state index contributed by atoms with van der Waals surface area (Å²) < 4.78 is 37.0. The molecule has 1 aliphatic rings. The van der Waals surface area contributed by atoms with E-state index in [0.29, 0.717) is 0 Å². The summed E-state index contributed by atoms with van der Waals surface area (Å²) in [7, 11) is 0. The Bertz CT molecular complexity index is 1110. The average molecular weight is 597 g/mol. The number of alkyl carbamates (subject to hydrolysis) is 1. The van der Waals surface area contributed by atoms with Gasteiger partial charge in [0.25, 0.3) is 0 Å². The molecular formula is C27H36N2O13. The summed E-state index contributed by atoms with van der Waals surface area (Å²) in [5.41, 5.74) is 6.60. The van der Waals surface area contributed by atoms with Gasteiger partial charge in [-0.25, -0.2) is 4.79 Å². The van der Waals surface area contributed by atoms with Gasteiger partial charge in [0.2, 0.25) is 0 Å². The lowest BCUT2D eigenvalue weighted by molar-refractivity contribution is -0.301. The normalized spacial score (nSPS) is 23.0. The molecule has 42 heavy (non-hydrogen) atoms. The van der Waals surface area contributed by atoms with E-state index in [1.807, 2.05) is 6.07 Å². The molecule has 1 amide bonds. The van der Waals surface area contributed by atoms with Crippen LogP contribution in [0.5, 0.6) is 0 Å². The number of nitrogens with two attached hydrogens (primary N) is 1. The molecule has 0 radical (unpaired) electrons. The first kappa shape index (κ1) is 34.1. The van der Waals surface area contributed by atoms with Crippen molar-refractivity contribution in [3.8, 4) is 0 Å². The Kier molecular flexibility index (Phi) is 13.3. The molecule has 0 saturated carbocycles. The van der Waals surface area contributed by atoms with Crippen molar-refractivity contribution in [2.75, 3.05) is 13.2 Å². The van der Waals surface area contributed by atoms with E-state index in [1.54, 1.807) is 24.3 Å². The van der Waals surface area contributed by atoms with Crippen molar-refractivity contribution in [3.05, 3.63) is 35.9 Å². The van der Waals surface area contributed by atoms with Crippen LogP contribution in [0.4, 0.5) is 4.79 Å². The standard InChI is InChI=1S/C27H36N2O13/c1-14(29-27(35)38-11-19-9-7-6-8-10-19)21(33)13-36-25(34)20(28)12-37-26-24(42-18(5)32)23(41-17(4)31)22(15(2)39-26)40-16(3)30/h6-10,14-15,20,22-24,26H,11-13,28H2,1-5H3,(H,29,35)/t14-,15-,20-,22+,23+,24-,26-/m0/s1. The Balaban J connectivity index is 1.90. The lowest BCUT2D eigenvalue weighted by Gasteiger charge is -2.43. The minimum atomic E-state index is -1.41. The first-order valence-corrected chi connectivity index (χ1v) is 13.0. The molecule has 1 heterocycles. The molecule has 0 bridgehead atoms. The lowest BCUT2D eigenvalue weighted by Crippen LogP contribution is -2.61. The van der Waals surface area contributed by atoms with Gasteiger partial charge in [-0.3, -0.25) is 24.0 Å². The second-order valence-corrected chi connectivity index (χ2v) is 9.37. The van der Waals surface area contributed by atoms with Crippen molar-refractivity contribution >= 4 is 35.8 Å². The molecule has 0 unspecified atom stereocenters. The van der Waals surface area contributed by atoms with E-state index in [1.165, 1.54) is 13.8 Å². The molecule has 1 aromatic rings. The van der Waals surface area contributed by atoms with Crippen LogP contribution in [0.15, 0.2) is 30.3 Å². The summed E-state index contributed by atoms with van der Waals surface area (Å²) in [5, 5.41) is 2.35. The van der Waals surface area contributed by atoms with Crippen LogP contribution in [-0.2, 0) is 63.7 Å². The second-order valence-electron chi connectivity index (χ2n) is 9.37. The molecule has 7 atom stereocenters. The highest BCUT2D eigenvalue weighted by Gasteiger charge is 2.51. The number of esters is 4. The molecule has 15 nitrogen and oxygen atoms in total. The number of hydrogen-bond acceptors (Lipinski definition) is 14. The van der Waals surface area contributed by atoms with Crippen molar-refractivity contribution in [2.24, 2.45) is 5.73 Å². The van der Waals surface area contributed by atoms with Crippen LogP contribution in [0, 0.1) is 0 Å². The highest BCUT2D eigenvalue weighted by molar-refractivity contribution is 5.89. The Morgan fingerprint density at radius 3 is 2.05 bits per heavy atom. The molecule has 1 saturated heterocycles. The molecule has 1 fully saturated rings. The average Bonchev–Trinajstić information content (AvgIpc) is 2.92. The monoisotopic (exact) mass is 596 g/mol. The molecule has 1 aromatic carbocycles. The molecule has 2 rings (SSSR count). The molecule has 0 aliphatic carbocycles. The van der Waals surface area contributed by atoms with Crippen LogP contribution < -0.4 is 11.1 Å². The van der Waals surface area contributed by atoms with E-state index >= 15 is 0 Å². The van der Waals surface area contributed by atoms with E-state index in [9.17, 15) is 28.8 Å². The number of nitrogens with one attached hydrogen (secondary N) is 1. The van der Waals surface area contributed by atoms with E-state index in [0.717, 1.165) is 26.3 Å². The predicted octanol–water partition coefficient (Wildman–Crippen LogP) is 0.297. The lowest BCUT2D eigenvalue weighted by atomic mass is 9.99. The fourth-order valence-corrected chi connectivity index (χ4v) is 3.77. The SMILES string of the molecule is CC(=O)O[C@H]1[C@H](OC(C)=O)[C@@H](OC[C@H](N)C(=O)OCC(=O)[C@H](C)NC(=O)OCc2ccccc2)O[C@@H](C)[C@H]1OC(C)=O. The first-order valence-electron chi connectivity index (χ1n) is 13.0. The number of Topliss-reactive ketones (excluding diaryl/α,β-unsaturated/α-hetero) is 1. The summed E-state index contributed by atoms with van der Waals surface area (Å²) >= 11 is 0. The quantitative estimate of drug-likeness (QED) is 0.232. The van der Waals surface area contributed by atoms with Crippen LogP contribution in [0.3, 0.4) is 0 Å². The van der Waals surface area contributed by atoms with E-state index in [4.69, 9.17) is 38.9 Å². The minimum absolute atomic E-state index is 0.00521. The van der Waals surface area contributed by atoms with Crippen molar-refractivity contribution in [2.45, 2.75) is 84.0 Å². The molecule has 232 valence electrons. The molecule has 0 aromatic heterocycles. The van der Waals surface area contributed by atoms with Gasteiger partial charge in [0.15, 0.2) is 37.0 Å². The Morgan fingerprint density at radius 1 is 0.881 bits per heavy atom. The number of hydrogen-bond donors (Lipinski definition) is 2. The predicted molar refractivity (Wildman–Crippen MR) is 140 cm³/mol. The van der Waals surface area contributed by atoms with E-state index < -0.39 is 91.8 Å². The number of carbonyl (C=O) groups excluding carboxylic acids is 6. The summed E-state index contributed by atoms with van der Waals surface area (Å²) in [6.07, 6.45) is -6.91. The fourth-order valence-electron chi connectivity index (χ4n) is 3.77. The molecule has 0 spiro atoms. The van der Waals surface area contributed by atoms with Gasteiger partial charge in [-0.2, -0.15) is 0 Å². The van der Waals surface area contributed by atoms with Gasteiger partial charge in [-0.15, -0.1) is 0 Å². The molecule has 3 N–H and O–H groups in total. The van der Waals surface area contributed by atoms with Crippen LogP contribution >= 0.6 is 0 Å². The first-order chi connectivity index (χ1) is 19.8. The third kappa shape index (κ3) is 11.1. The maximum atomic E-state index is 12.4. The largest absolute Gasteiger partial charge is 0.456 e. The molecule has 1 aliphatic heterocycles. The Labute approximate surface area is 242 Å². The summed E-state index contributed by atoms with van der Waals surface area (Å²) in [4.78, 5) is 71.8. The molecule has 15 heteroatoms. The fraction of sp³-hybridized carbons (Fsp3) is 0.556. The van der Waals surface area contributed by atoms with Crippen LogP contribution in [-0.4, -0.2) is 91.8 Å². The highest BCUT2D eigenvalue weighted by atomic mass is 16.7. The number of amides is 1. The van der Waals surface area contributed by atoms with Crippen LogP contribution in [0.25, 0.3) is 0 Å². The van der Waals surface area contributed by atoms with Crippen molar-refractivity contribution in [3.63, 3.8) is 0 Å². The maximum absolute atomic E-state index is 12.4. The minimum Gasteiger partial charge on any atom is -0.456 e. The van der Waals surface area contributed by atoms with Gasteiger partial charge in [-0.1, -0.05) is 30.3 Å². The smallest absolute Gasteiger partial charge is 0.408 e. The third-order valence-corrected chi connectivity index (χ3v) is 5.76. The highest BCUT2D eigenvalue weighted by Crippen LogP contribution is 2.29. The number of ketones is 1. The Hall–Kier alpha value is -4.08. The van der Waals surface area contributed by atoms with Crippen molar-refractivity contribution in [1.82, 2.24) is 5.32 Å². The number of carbonyl (C=O) groups is 6.